The van der Waals surface area contributed by atoms with Crippen LogP contribution in [0.1, 0.15) is 25.7 Å². The first kappa shape index (κ1) is 8.39. The molecule has 0 aromatic heterocycles. The van der Waals surface area contributed by atoms with Gasteiger partial charge in [-0.05, 0) is 6.42 Å². The minimum Gasteiger partial charge on any atom is -0.366 e. The smallest absolute Gasteiger partial charge is 0.0501 e. The first-order chi connectivity index (χ1) is 3.91. The highest BCUT2D eigenvalue weighted by Gasteiger charge is 1.83. The van der Waals surface area contributed by atoms with Gasteiger partial charge in [0.1, 0.15) is 0 Å². The fourth-order valence-corrected chi connectivity index (χ4v) is 0.706. The van der Waals surface area contributed by atoms with Gasteiger partial charge in [0.2, 0.25) is 0 Å². The number of hydrogen-bond acceptors (Lipinski definition) is 1. The normalized spacial score (nSPS) is 9.75. The fourth-order valence-electron chi connectivity index (χ4n) is 0.539. The Morgan fingerprint density at radius 1 is 1.25 bits per heavy atom. The second-order valence-corrected chi connectivity index (χ2v) is 2.12. The standard InChI is InChI=1S/C6H14OP/c1-2-3-4-5-6-7-8/h1-6,8H2. The maximum Gasteiger partial charge on any atom is 0.0501 e. The third-order valence-electron chi connectivity index (χ3n) is 1.01. The van der Waals surface area contributed by atoms with Crippen LogP contribution >= 0.6 is 9.47 Å². The monoisotopic (exact) mass is 133 g/mol. The molecule has 0 aliphatic heterocycles. The highest BCUT2D eigenvalue weighted by atomic mass is 31.0. The van der Waals surface area contributed by atoms with E-state index in [4.69, 9.17) is 4.52 Å². The van der Waals surface area contributed by atoms with E-state index in [1.807, 2.05) is 0 Å². The fraction of sp³-hybridized carbons (Fsp3) is 0.833. The summed E-state index contributed by atoms with van der Waals surface area (Å²) in [5, 5.41) is 0. The van der Waals surface area contributed by atoms with E-state index >= 15 is 0 Å². The van der Waals surface area contributed by atoms with Crippen LogP contribution in [0.15, 0.2) is 0 Å². The minimum atomic E-state index is 0.866. The molecular weight excluding hydrogens is 119 g/mol. The Morgan fingerprint density at radius 3 is 2.50 bits per heavy atom. The predicted octanol–water partition coefficient (Wildman–Crippen LogP) is 2.19. The molecule has 0 amide bonds. The summed E-state index contributed by atoms with van der Waals surface area (Å²) in [5.41, 5.74) is 0. The molecule has 1 atom stereocenters. The molecule has 0 N–H and O–H groups in total. The zero-order valence-electron chi connectivity index (χ0n) is 5.23. The highest BCUT2D eigenvalue weighted by Crippen LogP contribution is 1.99. The van der Waals surface area contributed by atoms with E-state index in [1.165, 1.54) is 19.3 Å². The molecule has 0 fully saturated rings. The molecule has 0 aromatic carbocycles. The molecule has 0 bridgehead atoms. The SMILES string of the molecule is [CH2]CCCCCOP. The van der Waals surface area contributed by atoms with Crippen molar-refractivity contribution in [2.24, 2.45) is 0 Å². The molecule has 8 heavy (non-hydrogen) atoms. The quantitative estimate of drug-likeness (QED) is 0.412. The van der Waals surface area contributed by atoms with Gasteiger partial charge in [-0.1, -0.05) is 26.2 Å². The van der Waals surface area contributed by atoms with Crippen LogP contribution in [0.4, 0.5) is 0 Å². The van der Waals surface area contributed by atoms with E-state index in [-0.39, 0.29) is 0 Å². The summed E-state index contributed by atoms with van der Waals surface area (Å²) in [6.07, 6.45) is 4.70. The molecule has 0 saturated heterocycles. The van der Waals surface area contributed by atoms with E-state index in [1.54, 1.807) is 0 Å². The van der Waals surface area contributed by atoms with E-state index in [0.29, 0.717) is 0 Å². The lowest BCUT2D eigenvalue weighted by atomic mass is 10.2. The second kappa shape index (κ2) is 7.39. The molecule has 0 spiro atoms. The summed E-state index contributed by atoms with van der Waals surface area (Å²) < 4.78 is 4.78. The second-order valence-electron chi connectivity index (χ2n) is 1.79. The van der Waals surface area contributed by atoms with Crippen molar-refractivity contribution >= 4 is 9.47 Å². The van der Waals surface area contributed by atoms with Crippen molar-refractivity contribution < 1.29 is 4.52 Å². The average Bonchev–Trinajstić information content (AvgIpc) is 1.81. The Kier molecular flexibility index (Phi) is 7.75. The summed E-state index contributed by atoms with van der Waals surface area (Å²) in [5.74, 6) is 0. The van der Waals surface area contributed by atoms with Crippen molar-refractivity contribution in [3.05, 3.63) is 6.92 Å². The highest BCUT2D eigenvalue weighted by molar-refractivity contribution is 7.09. The molecule has 1 nitrogen and oxygen atoms in total. The molecule has 1 radical (unpaired) electrons. The Morgan fingerprint density at radius 2 is 2.00 bits per heavy atom. The molecular formula is C6H14OP. The predicted molar refractivity (Wildman–Crippen MR) is 39.5 cm³/mol. The summed E-state index contributed by atoms with van der Waals surface area (Å²) in [7, 11) is 2.25. The van der Waals surface area contributed by atoms with Gasteiger partial charge in [0.05, 0.1) is 6.61 Å². The minimum absolute atomic E-state index is 0.866. The molecule has 0 aromatic rings. The van der Waals surface area contributed by atoms with Crippen molar-refractivity contribution in [2.45, 2.75) is 25.7 Å². The van der Waals surface area contributed by atoms with Crippen molar-refractivity contribution in [3.8, 4) is 0 Å². The van der Waals surface area contributed by atoms with E-state index in [9.17, 15) is 0 Å². The van der Waals surface area contributed by atoms with Crippen LogP contribution in [-0.4, -0.2) is 6.61 Å². The molecule has 0 saturated carbocycles. The van der Waals surface area contributed by atoms with Crippen molar-refractivity contribution in [1.82, 2.24) is 0 Å². The van der Waals surface area contributed by atoms with Crippen LogP contribution in [0.3, 0.4) is 0 Å². The van der Waals surface area contributed by atoms with Crippen LogP contribution < -0.4 is 0 Å². The van der Waals surface area contributed by atoms with Crippen molar-refractivity contribution in [1.29, 1.82) is 0 Å². The summed E-state index contributed by atoms with van der Waals surface area (Å²) in [6.45, 7) is 4.60. The van der Waals surface area contributed by atoms with E-state index in [0.717, 1.165) is 13.0 Å². The molecule has 0 aliphatic rings. The van der Waals surface area contributed by atoms with E-state index < -0.39 is 0 Å². The first-order valence-electron chi connectivity index (χ1n) is 3.02. The molecule has 0 aliphatic carbocycles. The number of unbranched alkanes of at least 4 members (excludes halogenated alkanes) is 3. The lowest BCUT2D eigenvalue weighted by molar-refractivity contribution is 0.355. The third kappa shape index (κ3) is 6.39. The van der Waals surface area contributed by atoms with Gasteiger partial charge in [-0.2, -0.15) is 0 Å². The number of hydrogen-bond donors (Lipinski definition) is 0. The van der Waals surface area contributed by atoms with Crippen LogP contribution in [0.2, 0.25) is 0 Å². The lowest BCUT2D eigenvalue weighted by Crippen LogP contribution is -1.82. The van der Waals surface area contributed by atoms with Crippen LogP contribution in [-0.2, 0) is 4.52 Å². The van der Waals surface area contributed by atoms with Crippen molar-refractivity contribution in [3.63, 3.8) is 0 Å². The molecule has 0 heterocycles. The largest absolute Gasteiger partial charge is 0.366 e. The third-order valence-corrected chi connectivity index (χ3v) is 1.25. The van der Waals surface area contributed by atoms with Gasteiger partial charge in [0.15, 0.2) is 0 Å². The Hall–Kier alpha value is 0.390. The molecule has 0 rings (SSSR count). The molecule has 49 valence electrons. The van der Waals surface area contributed by atoms with Gasteiger partial charge < -0.3 is 4.52 Å². The maximum atomic E-state index is 4.78. The van der Waals surface area contributed by atoms with Gasteiger partial charge in [0.25, 0.3) is 0 Å². The number of rotatable bonds is 5. The molecule has 2 heteroatoms. The average molecular weight is 133 g/mol. The Bertz CT molecular complexity index is 33.5. The van der Waals surface area contributed by atoms with Gasteiger partial charge in [-0.25, -0.2) is 0 Å². The van der Waals surface area contributed by atoms with E-state index in [2.05, 4.69) is 16.4 Å². The zero-order valence-corrected chi connectivity index (χ0v) is 6.38. The molecule has 1 unspecified atom stereocenters. The summed E-state index contributed by atoms with van der Waals surface area (Å²) in [6, 6.07) is 0. The van der Waals surface area contributed by atoms with Gasteiger partial charge in [0, 0.05) is 9.47 Å². The lowest BCUT2D eigenvalue weighted by Gasteiger charge is -1.94. The van der Waals surface area contributed by atoms with Gasteiger partial charge in [-0.3, -0.25) is 0 Å². The van der Waals surface area contributed by atoms with Crippen LogP contribution in [0.25, 0.3) is 0 Å². The topological polar surface area (TPSA) is 9.23 Å². The summed E-state index contributed by atoms with van der Waals surface area (Å²) in [4.78, 5) is 0. The first-order valence-corrected chi connectivity index (χ1v) is 3.50. The van der Waals surface area contributed by atoms with Gasteiger partial charge >= 0.3 is 0 Å². The zero-order chi connectivity index (χ0) is 6.24. The maximum absolute atomic E-state index is 4.78. The Balaban J connectivity index is 2.53. The summed E-state index contributed by atoms with van der Waals surface area (Å²) >= 11 is 0. The Labute approximate surface area is 54.1 Å². The van der Waals surface area contributed by atoms with Crippen LogP contribution in [0, 0.1) is 6.92 Å². The van der Waals surface area contributed by atoms with Crippen LogP contribution in [0.5, 0.6) is 0 Å². The van der Waals surface area contributed by atoms with Gasteiger partial charge in [-0.15, -0.1) is 0 Å². The van der Waals surface area contributed by atoms with Crippen molar-refractivity contribution in [2.75, 3.05) is 6.61 Å².